The second-order valence-corrected chi connectivity index (χ2v) is 12.2. The Bertz CT molecular complexity index is 1680. The van der Waals surface area contributed by atoms with E-state index >= 15 is 0 Å². The van der Waals surface area contributed by atoms with Crippen LogP contribution in [0.5, 0.6) is 0 Å². The van der Waals surface area contributed by atoms with E-state index in [2.05, 4.69) is 23.1 Å². The molecule has 1 saturated heterocycles. The van der Waals surface area contributed by atoms with E-state index in [9.17, 15) is 19.1 Å². The first kappa shape index (κ1) is 30.8. The van der Waals surface area contributed by atoms with E-state index < -0.39 is 5.97 Å². The third-order valence-electron chi connectivity index (χ3n) is 9.34. The SMILES string of the molecule is CC/C=C(\C=C1/CC(C2CCCCC2)=C(c2ccc3cc(-c4ccccc4F)ccc3c2)N1CC(=O)N1CCOCC1)C(=O)O. The maximum Gasteiger partial charge on any atom is 0.335 e. The number of benzene rings is 3. The molecule has 1 amide bonds. The second-order valence-electron chi connectivity index (χ2n) is 12.2. The quantitative estimate of drug-likeness (QED) is 0.264. The summed E-state index contributed by atoms with van der Waals surface area (Å²) in [5.41, 5.74) is 5.82. The standard InChI is InChI=1S/C38H41FN2O4/c1-2-8-31(38(43)44)23-32-24-34(26-9-4-3-5-10-26)37(41(32)25-36(42)40-17-19-45-20-18-40)30-16-14-27-21-29(15-13-28(27)22-30)33-11-6-7-12-35(33)39/h6-8,11-16,21-23,26H,2-5,9-10,17-20,24-25H2,1H3,(H,43,44)/b31-8+,32-23+. The van der Waals surface area contributed by atoms with Gasteiger partial charge >= 0.3 is 5.97 Å². The van der Waals surface area contributed by atoms with Crippen molar-refractivity contribution in [2.24, 2.45) is 5.92 Å². The van der Waals surface area contributed by atoms with E-state index in [1.807, 2.05) is 36.1 Å². The number of hydrogen-bond acceptors (Lipinski definition) is 4. The van der Waals surface area contributed by atoms with Crippen molar-refractivity contribution < 1.29 is 23.8 Å². The number of nitrogens with zero attached hydrogens (tertiary/aromatic N) is 2. The molecule has 234 valence electrons. The van der Waals surface area contributed by atoms with Gasteiger partial charge in [0, 0.05) is 36.5 Å². The van der Waals surface area contributed by atoms with Gasteiger partial charge in [0.25, 0.3) is 0 Å². The van der Waals surface area contributed by atoms with Gasteiger partial charge < -0.3 is 19.6 Å². The molecule has 45 heavy (non-hydrogen) atoms. The van der Waals surface area contributed by atoms with Gasteiger partial charge in [0.05, 0.1) is 18.8 Å². The highest BCUT2D eigenvalue weighted by Gasteiger charge is 2.35. The molecule has 0 unspecified atom stereocenters. The van der Waals surface area contributed by atoms with Gasteiger partial charge in [-0.1, -0.05) is 74.7 Å². The van der Waals surface area contributed by atoms with Crippen molar-refractivity contribution in [3.05, 3.63) is 101 Å². The molecule has 2 aliphatic heterocycles. The Morgan fingerprint density at radius 3 is 2.33 bits per heavy atom. The largest absolute Gasteiger partial charge is 0.478 e. The monoisotopic (exact) mass is 608 g/mol. The number of carboxylic acids is 1. The minimum Gasteiger partial charge on any atom is -0.478 e. The van der Waals surface area contributed by atoms with E-state index in [-0.39, 0.29) is 23.8 Å². The summed E-state index contributed by atoms with van der Waals surface area (Å²) in [7, 11) is 0. The molecule has 0 bridgehead atoms. The lowest BCUT2D eigenvalue weighted by Gasteiger charge is -2.31. The predicted molar refractivity (Wildman–Crippen MR) is 176 cm³/mol. The molecule has 2 fully saturated rings. The van der Waals surface area contributed by atoms with Crippen LogP contribution in [0.4, 0.5) is 4.39 Å². The molecular weight excluding hydrogens is 567 g/mol. The molecule has 6 nitrogen and oxygen atoms in total. The molecule has 1 N–H and O–H groups in total. The fourth-order valence-electron chi connectivity index (χ4n) is 7.04. The number of allylic oxidation sites excluding steroid dienone is 2. The van der Waals surface area contributed by atoms with Crippen LogP contribution in [0, 0.1) is 11.7 Å². The third kappa shape index (κ3) is 6.74. The summed E-state index contributed by atoms with van der Waals surface area (Å²) in [6, 6.07) is 19.1. The van der Waals surface area contributed by atoms with E-state index in [1.54, 1.807) is 24.3 Å². The number of carbonyl (C=O) groups is 2. The first-order valence-corrected chi connectivity index (χ1v) is 16.2. The number of halogens is 1. The van der Waals surface area contributed by atoms with Gasteiger partial charge in [0.2, 0.25) is 5.91 Å². The van der Waals surface area contributed by atoms with Gasteiger partial charge in [-0.15, -0.1) is 0 Å². The molecule has 0 radical (unpaired) electrons. The van der Waals surface area contributed by atoms with Crippen LogP contribution in [0.3, 0.4) is 0 Å². The Morgan fingerprint density at radius 1 is 0.956 bits per heavy atom. The van der Waals surface area contributed by atoms with Crippen molar-refractivity contribution in [2.45, 2.75) is 51.9 Å². The number of fused-ring (bicyclic) bond motifs is 1. The van der Waals surface area contributed by atoms with Crippen LogP contribution < -0.4 is 0 Å². The Hall–Kier alpha value is -4.23. The van der Waals surface area contributed by atoms with Crippen molar-refractivity contribution >= 4 is 28.3 Å². The molecule has 0 spiro atoms. The van der Waals surface area contributed by atoms with Gasteiger partial charge in [-0.25, -0.2) is 9.18 Å². The average molecular weight is 609 g/mol. The summed E-state index contributed by atoms with van der Waals surface area (Å²) in [6.45, 7) is 4.21. The highest BCUT2D eigenvalue weighted by molar-refractivity contribution is 5.93. The van der Waals surface area contributed by atoms with Crippen LogP contribution in [0.25, 0.3) is 27.6 Å². The Morgan fingerprint density at radius 2 is 1.64 bits per heavy atom. The zero-order chi connectivity index (χ0) is 31.3. The zero-order valence-electron chi connectivity index (χ0n) is 25.9. The fraction of sp³-hybridized carbons (Fsp3) is 0.368. The molecule has 7 heteroatoms. The fourth-order valence-corrected chi connectivity index (χ4v) is 7.04. The van der Waals surface area contributed by atoms with Crippen LogP contribution in [0.1, 0.15) is 57.4 Å². The highest BCUT2D eigenvalue weighted by atomic mass is 19.1. The molecule has 3 aromatic carbocycles. The van der Waals surface area contributed by atoms with Crippen LogP contribution in [0.15, 0.2) is 89.7 Å². The summed E-state index contributed by atoms with van der Waals surface area (Å²) in [5.74, 6) is -0.825. The zero-order valence-corrected chi connectivity index (χ0v) is 25.9. The molecule has 3 aromatic rings. The predicted octanol–water partition coefficient (Wildman–Crippen LogP) is 7.81. The van der Waals surface area contributed by atoms with Gasteiger partial charge in [-0.2, -0.15) is 0 Å². The van der Waals surface area contributed by atoms with Crippen LogP contribution in [-0.2, 0) is 14.3 Å². The number of ether oxygens (including phenoxy) is 1. The van der Waals surface area contributed by atoms with Gasteiger partial charge in [0.1, 0.15) is 12.4 Å². The van der Waals surface area contributed by atoms with Crippen molar-refractivity contribution in [2.75, 3.05) is 32.8 Å². The summed E-state index contributed by atoms with van der Waals surface area (Å²) in [5, 5.41) is 12.0. The van der Waals surface area contributed by atoms with Gasteiger partial charge in [0.15, 0.2) is 0 Å². The van der Waals surface area contributed by atoms with Crippen molar-refractivity contribution in [3.8, 4) is 11.1 Å². The van der Waals surface area contributed by atoms with Crippen molar-refractivity contribution in [1.82, 2.24) is 9.80 Å². The van der Waals surface area contributed by atoms with E-state index in [0.717, 1.165) is 46.1 Å². The van der Waals surface area contributed by atoms with E-state index in [0.29, 0.717) is 50.6 Å². The van der Waals surface area contributed by atoms with E-state index in [1.165, 1.54) is 30.9 Å². The average Bonchev–Trinajstić information content (AvgIpc) is 3.42. The molecule has 0 atom stereocenters. The van der Waals surface area contributed by atoms with Gasteiger partial charge in [-0.05, 0) is 76.9 Å². The molecular formula is C38H41FN2O4. The highest BCUT2D eigenvalue weighted by Crippen LogP contribution is 2.46. The number of carboxylic acid groups (broad SMARTS) is 1. The lowest BCUT2D eigenvalue weighted by molar-refractivity contribution is -0.135. The van der Waals surface area contributed by atoms with Crippen molar-refractivity contribution in [1.29, 1.82) is 0 Å². The summed E-state index contributed by atoms with van der Waals surface area (Å²) in [4.78, 5) is 29.9. The lowest BCUT2D eigenvalue weighted by Crippen LogP contribution is -2.44. The number of rotatable bonds is 8. The summed E-state index contributed by atoms with van der Waals surface area (Å²) in [6.07, 6.45) is 10.5. The molecule has 1 saturated carbocycles. The number of morpholine rings is 1. The molecule has 0 aromatic heterocycles. The van der Waals surface area contributed by atoms with Crippen LogP contribution >= 0.6 is 0 Å². The Kier molecular flexibility index (Phi) is 9.45. The maximum absolute atomic E-state index is 14.6. The summed E-state index contributed by atoms with van der Waals surface area (Å²) < 4.78 is 20.1. The number of aliphatic carboxylic acids is 1. The smallest absolute Gasteiger partial charge is 0.335 e. The number of amides is 1. The topological polar surface area (TPSA) is 70.1 Å². The lowest BCUT2D eigenvalue weighted by atomic mass is 9.81. The van der Waals surface area contributed by atoms with E-state index in [4.69, 9.17) is 4.74 Å². The minimum atomic E-state index is -0.965. The Labute approximate surface area is 264 Å². The normalized spacial score (nSPS) is 19.2. The van der Waals surface area contributed by atoms with Gasteiger partial charge in [-0.3, -0.25) is 4.79 Å². The number of carbonyl (C=O) groups excluding carboxylic acids is 1. The molecule has 6 rings (SSSR count). The minimum absolute atomic E-state index is 0.0123. The number of hydrogen-bond donors (Lipinski definition) is 1. The van der Waals surface area contributed by atoms with Crippen LogP contribution in [0.2, 0.25) is 0 Å². The third-order valence-corrected chi connectivity index (χ3v) is 9.34. The molecule has 2 heterocycles. The van der Waals surface area contributed by atoms with Crippen molar-refractivity contribution in [3.63, 3.8) is 0 Å². The molecule has 1 aliphatic carbocycles. The van der Waals surface area contributed by atoms with Crippen LogP contribution in [-0.4, -0.2) is 59.6 Å². The first-order chi connectivity index (χ1) is 21.9. The second kappa shape index (κ2) is 13.8. The Balaban J connectivity index is 1.45. The molecule has 3 aliphatic rings. The first-order valence-electron chi connectivity index (χ1n) is 16.2. The maximum atomic E-state index is 14.6. The summed E-state index contributed by atoms with van der Waals surface area (Å²) >= 11 is 0.